The average molecular weight is 174 g/mol. The van der Waals surface area contributed by atoms with E-state index in [2.05, 4.69) is 25.2 Å². The van der Waals surface area contributed by atoms with E-state index in [9.17, 15) is 4.79 Å². The third-order valence-corrected chi connectivity index (χ3v) is 4.10. The van der Waals surface area contributed by atoms with Crippen molar-refractivity contribution in [3.8, 4) is 0 Å². The SMILES string of the molecule is CC1=C[C@]23CC=C[C@H]2C[C@@H]1CC3=O. The van der Waals surface area contributed by atoms with E-state index in [0.717, 1.165) is 12.8 Å². The highest BCUT2D eigenvalue weighted by Crippen LogP contribution is 2.55. The van der Waals surface area contributed by atoms with Gasteiger partial charge in [0.1, 0.15) is 5.78 Å². The Kier molecular flexibility index (Phi) is 1.24. The van der Waals surface area contributed by atoms with Crippen molar-refractivity contribution in [2.75, 3.05) is 0 Å². The predicted molar refractivity (Wildman–Crippen MR) is 51.2 cm³/mol. The monoisotopic (exact) mass is 174 g/mol. The molecule has 0 radical (unpaired) electrons. The number of fused-ring (bicyclic) bond motifs is 1. The van der Waals surface area contributed by atoms with E-state index >= 15 is 0 Å². The first-order valence-electron chi connectivity index (χ1n) is 5.12. The molecule has 4 rings (SSSR count). The van der Waals surface area contributed by atoms with Gasteiger partial charge in [0.25, 0.3) is 0 Å². The summed E-state index contributed by atoms with van der Waals surface area (Å²) in [6, 6.07) is 0. The summed E-state index contributed by atoms with van der Waals surface area (Å²) in [5.74, 6) is 1.58. The van der Waals surface area contributed by atoms with Crippen LogP contribution in [0.25, 0.3) is 0 Å². The number of hydrogen-bond acceptors (Lipinski definition) is 1. The highest BCUT2D eigenvalue weighted by Gasteiger charge is 2.52. The minimum absolute atomic E-state index is 0.0845. The molecule has 0 amide bonds. The summed E-state index contributed by atoms with van der Waals surface area (Å²) in [4.78, 5) is 11.9. The Balaban J connectivity index is 2.17. The van der Waals surface area contributed by atoms with Crippen LogP contribution in [0.5, 0.6) is 0 Å². The van der Waals surface area contributed by atoms with Crippen molar-refractivity contribution in [1.29, 1.82) is 0 Å². The normalized spacial score (nSPS) is 46.5. The van der Waals surface area contributed by atoms with Crippen molar-refractivity contribution in [3.63, 3.8) is 0 Å². The molecule has 4 aliphatic carbocycles. The average Bonchev–Trinajstić information content (AvgIpc) is 2.48. The smallest absolute Gasteiger partial charge is 0.144 e. The number of ketones is 1. The fourth-order valence-electron chi connectivity index (χ4n) is 3.28. The minimum atomic E-state index is -0.0845. The number of hydrogen-bond donors (Lipinski definition) is 0. The first kappa shape index (κ1) is 7.54. The van der Waals surface area contributed by atoms with Crippen LogP contribution in [0.4, 0.5) is 0 Å². The Morgan fingerprint density at radius 3 is 3.23 bits per heavy atom. The van der Waals surface area contributed by atoms with Crippen LogP contribution in [-0.2, 0) is 4.79 Å². The summed E-state index contributed by atoms with van der Waals surface area (Å²) in [5, 5.41) is 0. The van der Waals surface area contributed by atoms with Crippen LogP contribution in [0, 0.1) is 17.3 Å². The lowest BCUT2D eigenvalue weighted by molar-refractivity contribution is -0.132. The molecule has 0 unspecified atom stereocenters. The number of allylic oxidation sites excluding steroid dienone is 4. The zero-order valence-corrected chi connectivity index (χ0v) is 7.92. The van der Waals surface area contributed by atoms with Gasteiger partial charge in [-0.15, -0.1) is 0 Å². The molecule has 1 spiro atoms. The number of Topliss-reactive ketones (excluding diaryl/α,β-unsaturated/α-hetero) is 1. The van der Waals surface area contributed by atoms with Gasteiger partial charge in [-0.05, 0) is 31.6 Å². The van der Waals surface area contributed by atoms with Gasteiger partial charge in [0.2, 0.25) is 0 Å². The summed E-state index contributed by atoms with van der Waals surface area (Å²) < 4.78 is 0. The second kappa shape index (κ2) is 2.14. The first-order chi connectivity index (χ1) is 6.22. The maximum Gasteiger partial charge on any atom is 0.144 e. The molecule has 68 valence electrons. The van der Waals surface area contributed by atoms with Crippen LogP contribution in [0.2, 0.25) is 0 Å². The van der Waals surface area contributed by atoms with E-state index in [1.807, 2.05) is 0 Å². The molecule has 1 heteroatoms. The zero-order chi connectivity index (χ0) is 9.05. The maximum absolute atomic E-state index is 11.9. The molecule has 0 heterocycles. The number of carbonyl (C=O) groups excluding carboxylic acids is 1. The molecule has 0 saturated heterocycles. The molecule has 3 atom stereocenters. The Morgan fingerprint density at radius 2 is 2.38 bits per heavy atom. The van der Waals surface area contributed by atoms with Gasteiger partial charge in [-0.3, -0.25) is 4.79 Å². The van der Waals surface area contributed by atoms with E-state index in [1.54, 1.807) is 0 Å². The summed E-state index contributed by atoms with van der Waals surface area (Å²) in [6.07, 6.45) is 9.69. The van der Waals surface area contributed by atoms with Crippen molar-refractivity contribution in [2.45, 2.75) is 26.2 Å². The van der Waals surface area contributed by atoms with E-state index in [0.29, 0.717) is 17.6 Å². The fourth-order valence-corrected chi connectivity index (χ4v) is 3.28. The predicted octanol–water partition coefficient (Wildman–Crippen LogP) is 2.49. The minimum Gasteiger partial charge on any atom is -0.299 e. The van der Waals surface area contributed by atoms with Gasteiger partial charge in [-0.25, -0.2) is 0 Å². The van der Waals surface area contributed by atoms with Crippen molar-refractivity contribution in [1.82, 2.24) is 0 Å². The Labute approximate surface area is 78.5 Å². The largest absolute Gasteiger partial charge is 0.299 e. The van der Waals surface area contributed by atoms with Gasteiger partial charge in [0.05, 0.1) is 5.41 Å². The number of rotatable bonds is 0. The summed E-state index contributed by atoms with van der Waals surface area (Å²) >= 11 is 0. The molecular weight excluding hydrogens is 160 g/mol. The molecule has 1 saturated carbocycles. The molecule has 13 heavy (non-hydrogen) atoms. The quantitative estimate of drug-likeness (QED) is 0.516. The van der Waals surface area contributed by atoms with Crippen LogP contribution in [0.1, 0.15) is 26.2 Å². The van der Waals surface area contributed by atoms with Gasteiger partial charge in [0.15, 0.2) is 0 Å². The molecule has 0 aliphatic heterocycles. The van der Waals surface area contributed by atoms with Crippen LogP contribution in [-0.4, -0.2) is 5.78 Å². The van der Waals surface area contributed by atoms with E-state index in [4.69, 9.17) is 0 Å². The second-order valence-electron chi connectivity index (χ2n) is 4.73. The summed E-state index contributed by atoms with van der Waals surface area (Å²) in [5.41, 5.74) is 1.37. The second-order valence-corrected chi connectivity index (χ2v) is 4.73. The molecule has 0 aromatic rings. The van der Waals surface area contributed by atoms with Crippen molar-refractivity contribution < 1.29 is 4.79 Å². The van der Waals surface area contributed by atoms with E-state index in [-0.39, 0.29) is 5.41 Å². The first-order valence-corrected chi connectivity index (χ1v) is 5.12. The van der Waals surface area contributed by atoms with Gasteiger partial charge in [-0.1, -0.05) is 23.8 Å². The van der Waals surface area contributed by atoms with Gasteiger partial charge >= 0.3 is 0 Å². The number of carbonyl (C=O) groups is 1. The molecule has 0 N–H and O–H groups in total. The van der Waals surface area contributed by atoms with Crippen LogP contribution in [0.15, 0.2) is 23.8 Å². The van der Waals surface area contributed by atoms with E-state index < -0.39 is 0 Å². The molecule has 4 aliphatic rings. The van der Waals surface area contributed by atoms with Crippen LogP contribution >= 0.6 is 0 Å². The zero-order valence-electron chi connectivity index (χ0n) is 7.92. The Hall–Kier alpha value is -0.850. The molecule has 2 bridgehead atoms. The topological polar surface area (TPSA) is 17.1 Å². The third-order valence-electron chi connectivity index (χ3n) is 4.10. The van der Waals surface area contributed by atoms with Crippen molar-refractivity contribution in [2.24, 2.45) is 17.3 Å². The van der Waals surface area contributed by atoms with Gasteiger partial charge < -0.3 is 0 Å². The Bertz CT molecular complexity index is 337. The van der Waals surface area contributed by atoms with E-state index in [1.165, 1.54) is 12.0 Å². The molecule has 0 aromatic carbocycles. The molecule has 1 nitrogen and oxygen atoms in total. The summed E-state index contributed by atoms with van der Waals surface area (Å²) in [7, 11) is 0. The van der Waals surface area contributed by atoms with Gasteiger partial charge in [0, 0.05) is 6.42 Å². The third kappa shape index (κ3) is 0.756. The van der Waals surface area contributed by atoms with Crippen molar-refractivity contribution in [3.05, 3.63) is 23.8 Å². The summed E-state index contributed by atoms with van der Waals surface area (Å²) in [6.45, 7) is 2.19. The van der Waals surface area contributed by atoms with Crippen LogP contribution in [0.3, 0.4) is 0 Å². The van der Waals surface area contributed by atoms with Gasteiger partial charge in [-0.2, -0.15) is 0 Å². The molecule has 1 fully saturated rings. The lowest BCUT2D eigenvalue weighted by Crippen LogP contribution is -2.44. The highest BCUT2D eigenvalue weighted by molar-refractivity contribution is 5.91. The molecule has 0 aromatic heterocycles. The van der Waals surface area contributed by atoms with Crippen LogP contribution < -0.4 is 0 Å². The Morgan fingerprint density at radius 1 is 1.54 bits per heavy atom. The highest BCUT2D eigenvalue weighted by atomic mass is 16.1. The lowest BCUT2D eigenvalue weighted by Gasteiger charge is -2.45. The standard InChI is InChI=1S/C12H14O/c1-8-7-12-4-2-3-10(12)5-9(8)6-11(12)13/h2-3,7,9-10H,4-6H2,1H3/t9-,10+,12-/m1/s1. The lowest BCUT2D eigenvalue weighted by atomic mass is 9.57. The fraction of sp³-hybridized carbons (Fsp3) is 0.583. The van der Waals surface area contributed by atoms with Crippen molar-refractivity contribution >= 4 is 5.78 Å². The molecular formula is C12H14O. The maximum atomic E-state index is 11.9.